The molecule has 0 radical (unpaired) electrons. The van der Waals surface area contributed by atoms with Gasteiger partial charge in [-0.15, -0.1) is 0 Å². The van der Waals surface area contributed by atoms with E-state index in [1.165, 1.54) is 23.7 Å². The molecule has 2 aromatic carbocycles. The zero-order valence-corrected chi connectivity index (χ0v) is 19.5. The number of morpholine rings is 1. The summed E-state index contributed by atoms with van der Waals surface area (Å²) in [5, 5.41) is 4.22. The number of aromatic nitrogens is 2. The van der Waals surface area contributed by atoms with Crippen LogP contribution in [0.1, 0.15) is 23.6 Å². The number of ether oxygens (including phenoxy) is 2. The van der Waals surface area contributed by atoms with Gasteiger partial charge < -0.3 is 14.8 Å². The molecule has 1 aromatic heterocycles. The Balaban J connectivity index is 1.29. The van der Waals surface area contributed by atoms with Gasteiger partial charge in [-0.25, -0.2) is 18.4 Å². The van der Waals surface area contributed by atoms with Crippen LogP contribution in [-0.4, -0.2) is 69.0 Å². The molecule has 1 fully saturated rings. The van der Waals surface area contributed by atoms with E-state index in [1.54, 1.807) is 18.2 Å². The summed E-state index contributed by atoms with van der Waals surface area (Å²) in [6.07, 6.45) is 4.60. The van der Waals surface area contributed by atoms with Crippen molar-refractivity contribution >= 4 is 26.6 Å². The van der Waals surface area contributed by atoms with Gasteiger partial charge >= 0.3 is 0 Å². The van der Waals surface area contributed by atoms with Gasteiger partial charge in [0.1, 0.15) is 24.5 Å². The minimum atomic E-state index is -3.31. The zero-order valence-electron chi connectivity index (χ0n) is 18.7. The highest BCUT2D eigenvalue weighted by atomic mass is 32.2. The summed E-state index contributed by atoms with van der Waals surface area (Å²) in [6, 6.07) is 11.3. The van der Waals surface area contributed by atoms with E-state index < -0.39 is 9.84 Å². The number of benzene rings is 2. The number of hydrogen-bond donors (Lipinski definition) is 1. The number of anilines is 1. The second-order valence-electron chi connectivity index (χ2n) is 8.57. The number of aryl methyl sites for hydroxylation is 1. The third-order valence-corrected chi connectivity index (χ3v) is 7.43. The second kappa shape index (κ2) is 9.24. The number of sulfone groups is 1. The Morgan fingerprint density at radius 2 is 2.00 bits per heavy atom. The minimum Gasteiger partial charge on any atom is -0.492 e. The first-order valence-electron chi connectivity index (χ1n) is 11.2. The first-order valence-corrected chi connectivity index (χ1v) is 13.1. The maximum atomic E-state index is 12.0. The highest BCUT2D eigenvalue weighted by Gasteiger charge is 2.24. The lowest BCUT2D eigenvalue weighted by Gasteiger charge is -2.26. The molecule has 1 unspecified atom stereocenters. The van der Waals surface area contributed by atoms with Gasteiger partial charge in [-0.3, -0.25) is 4.90 Å². The smallest absolute Gasteiger partial charge is 0.175 e. The van der Waals surface area contributed by atoms with E-state index in [0.29, 0.717) is 23.3 Å². The predicted octanol–water partition coefficient (Wildman–Crippen LogP) is 2.84. The molecule has 0 amide bonds. The van der Waals surface area contributed by atoms with Crippen LogP contribution < -0.4 is 10.1 Å². The Hall–Kier alpha value is -2.75. The summed E-state index contributed by atoms with van der Waals surface area (Å²) in [5.41, 5.74) is 3.20. The van der Waals surface area contributed by atoms with Gasteiger partial charge in [0, 0.05) is 31.3 Å². The van der Waals surface area contributed by atoms with Crippen LogP contribution in [0, 0.1) is 0 Å². The van der Waals surface area contributed by atoms with Crippen molar-refractivity contribution in [1.29, 1.82) is 0 Å². The molecule has 1 saturated heterocycles. The molecule has 1 N–H and O–H groups in total. The summed E-state index contributed by atoms with van der Waals surface area (Å²) in [4.78, 5) is 11.3. The number of rotatable bonds is 7. The van der Waals surface area contributed by atoms with Gasteiger partial charge in [0.05, 0.1) is 29.7 Å². The van der Waals surface area contributed by atoms with Crippen LogP contribution in [0.15, 0.2) is 47.6 Å². The molecule has 1 aliphatic heterocycles. The zero-order chi connectivity index (χ0) is 22.8. The Morgan fingerprint density at radius 1 is 1.15 bits per heavy atom. The lowest BCUT2D eigenvalue weighted by Crippen LogP contribution is -2.38. The summed E-state index contributed by atoms with van der Waals surface area (Å²) in [5.74, 6) is 1.54. The fourth-order valence-corrected chi connectivity index (χ4v) is 5.14. The van der Waals surface area contributed by atoms with E-state index in [0.717, 1.165) is 51.4 Å². The molecule has 2 heterocycles. The Morgan fingerprint density at radius 3 is 2.82 bits per heavy atom. The minimum absolute atomic E-state index is 0.0994. The summed E-state index contributed by atoms with van der Waals surface area (Å²) in [7, 11) is -3.31. The molecule has 0 bridgehead atoms. The van der Waals surface area contributed by atoms with E-state index in [9.17, 15) is 8.42 Å². The van der Waals surface area contributed by atoms with Crippen LogP contribution in [0.3, 0.4) is 0 Å². The van der Waals surface area contributed by atoms with Crippen molar-refractivity contribution in [1.82, 2.24) is 14.9 Å². The number of hydrogen-bond acceptors (Lipinski definition) is 8. The van der Waals surface area contributed by atoms with Crippen molar-refractivity contribution in [2.75, 3.05) is 51.0 Å². The van der Waals surface area contributed by atoms with E-state index in [1.807, 2.05) is 6.07 Å². The van der Waals surface area contributed by atoms with E-state index in [2.05, 4.69) is 32.3 Å². The van der Waals surface area contributed by atoms with Crippen molar-refractivity contribution in [3.63, 3.8) is 0 Å². The van der Waals surface area contributed by atoms with Crippen LogP contribution in [0.4, 0.5) is 5.82 Å². The van der Waals surface area contributed by atoms with Crippen LogP contribution in [-0.2, 0) is 21.0 Å². The molecule has 5 rings (SSSR count). The van der Waals surface area contributed by atoms with E-state index in [-0.39, 0.29) is 10.9 Å². The third kappa shape index (κ3) is 4.95. The lowest BCUT2D eigenvalue weighted by molar-refractivity contribution is 0.0322. The quantitative estimate of drug-likeness (QED) is 0.566. The number of nitrogens with zero attached hydrogens (tertiary/aromatic N) is 3. The molecule has 8 nitrogen and oxygen atoms in total. The lowest BCUT2D eigenvalue weighted by atomic mass is 10.1. The second-order valence-corrected chi connectivity index (χ2v) is 10.6. The van der Waals surface area contributed by atoms with E-state index >= 15 is 0 Å². The fraction of sp³-hybridized carbons (Fsp3) is 0.417. The maximum absolute atomic E-state index is 12.0. The van der Waals surface area contributed by atoms with Crippen LogP contribution in [0.5, 0.6) is 5.75 Å². The first-order chi connectivity index (χ1) is 16.0. The van der Waals surface area contributed by atoms with Crippen molar-refractivity contribution in [3.05, 3.63) is 53.9 Å². The van der Waals surface area contributed by atoms with Crippen LogP contribution in [0.25, 0.3) is 10.9 Å². The van der Waals surface area contributed by atoms with Gasteiger partial charge in [0.25, 0.3) is 0 Å². The third-order valence-electron chi connectivity index (χ3n) is 6.32. The van der Waals surface area contributed by atoms with Crippen molar-refractivity contribution in [3.8, 4) is 5.75 Å². The SMILES string of the molecule is CS(=O)(=O)c1ccc2ncnc(NC3CCc4cc(OCCN5CCOCC5)ccc43)c2c1. The average Bonchev–Trinajstić information content (AvgIpc) is 3.21. The summed E-state index contributed by atoms with van der Waals surface area (Å²) in [6.45, 7) is 5.08. The molecule has 9 heteroatoms. The fourth-order valence-electron chi connectivity index (χ4n) is 4.50. The highest BCUT2D eigenvalue weighted by molar-refractivity contribution is 7.90. The largest absolute Gasteiger partial charge is 0.492 e. The van der Waals surface area contributed by atoms with Gasteiger partial charge in [0.15, 0.2) is 9.84 Å². The maximum Gasteiger partial charge on any atom is 0.175 e. The standard InChI is InChI=1S/C24H28N4O4S/c1-33(29,30)19-4-7-22-21(15-19)24(26-16-25-22)27-23-6-2-17-14-18(3-5-20(17)23)32-13-10-28-8-11-31-12-9-28/h3-5,7,14-16,23H,2,6,8-13H2,1H3,(H,25,26,27). The van der Waals surface area contributed by atoms with Gasteiger partial charge in [-0.2, -0.15) is 0 Å². The summed E-state index contributed by atoms with van der Waals surface area (Å²) < 4.78 is 35.4. The van der Waals surface area contributed by atoms with Crippen LogP contribution in [0.2, 0.25) is 0 Å². The topological polar surface area (TPSA) is 93.7 Å². The molecule has 174 valence electrons. The number of fused-ring (bicyclic) bond motifs is 2. The monoisotopic (exact) mass is 468 g/mol. The predicted molar refractivity (Wildman–Crippen MR) is 127 cm³/mol. The molecule has 3 aromatic rings. The Labute approximate surface area is 193 Å². The normalized spacial score (nSPS) is 18.9. The van der Waals surface area contributed by atoms with Gasteiger partial charge in [-0.05, 0) is 54.3 Å². The molecule has 1 aliphatic carbocycles. The van der Waals surface area contributed by atoms with Gasteiger partial charge in [-0.1, -0.05) is 6.07 Å². The first kappa shape index (κ1) is 22.1. The molecule has 1 atom stereocenters. The van der Waals surface area contributed by atoms with Crippen molar-refractivity contribution in [2.24, 2.45) is 0 Å². The Kier molecular flexibility index (Phi) is 6.18. The average molecular weight is 469 g/mol. The van der Waals surface area contributed by atoms with Crippen LogP contribution >= 0.6 is 0 Å². The molecule has 0 spiro atoms. The Bertz CT molecular complexity index is 1260. The molecular formula is C24H28N4O4S. The molecular weight excluding hydrogens is 440 g/mol. The summed E-state index contributed by atoms with van der Waals surface area (Å²) >= 11 is 0. The molecule has 33 heavy (non-hydrogen) atoms. The molecule has 0 saturated carbocycles. The van der Waals surface area contributed by atoms with Crippen molar-refractivity contribution < 1.29 is 17.9 Å². The van der Waals surface area contributed by atoms with Crippen molar-refractivity contribution in [2.45, 2.75) is 23.8 Å². The van der Waals surface area contributed by atoms with Gasteiger partial charge in [0.2, 0.25) is 0 Å². The number of nitrogens with one attached hydrogen (secondary N) is 1. The van der Waals surface area contributed by atoms with E-state index in [4.69, 9.17) is 9.47 Å². The highest BCUT2D eigenvalue weighted by Crippen LogP contribution is 2.37. The molecule has 2 aliphatic rings.